The molecule has 1 aliphatic heterocycles. The van der Waals surface area contributed by atoms with Gasteiger partial charge in [-0.1, -0.05) is 6.92 Å². The van der Waals surface area contributed by atoms with Gasteiger partial charge in [0.2, 0.25) is 0 Å². The van der Waals surface area contributed by atoms with E-state index in [4.69, 9.17) is 18.9 Å². The molecule has 0 spiro atoms. The molecule has 4 nitrogen and oxygen atoms in total. The minimum Gasteiger partial charge on any atom is -0.376 e. The summed E-state index contributed by atoms with van der Waals surface area (Å²) in [4.78, 5) is 0. The van der Waals surface area contributed by atoms with E-state index in [-0.39, 0.29) is 24.4 Å². The average Bonchev–Trinajstić information content (AvgIpc) is 2.26. The van der Waals surface area contributed by atoms with Crippen molar-refractivity contribution in [2.45, 2.75) is 44.7 Å². The van der Waals surface area contributed by atoms with Gasteiger partial charge in [0.05, 0.1) is 6.10 Å². The minimum absolute atomic E-state index is 0.0525. The minimum atomic E-state index is -0.280. The van der Waals surface area contributed by atoms with E-state index in [2.05, 4.69) is 13.5 Å². The van der Waals surface area contributed by atoms with Crippen molar-refractivity contribution < 1.29 is 18.9 Å². The molecular weight excluding hydrogens is 196 g/mol. The molecule has 1 fully saturated rings. The van der Waals surface area contributed by atoms with Crippen LogP contribution in [0.15, 0.2) is 0 Å². The Morgan fingerprint density at radius 1 is 1.20 bits per heavy atom. The van der Waals surface area contributed by atoms with Gasteiger partial charge in [0.25, 0.3) is 0 Å². The van der Waals surface area contributed by atoms with Crippen LogP contribution >= 0.6 is 0 Å². The van der Waals surface area contributed by atoms with E-state index < -0.39 is 0 Å². The first-order valence-electron chi connectivity index (χ1n) is 5.33. The highest BCUT2D eigenvalue weighted by Crippen LogP contribution is 2.24. The van der Waals surface area contributed by atoms with Gasteiger partial charge >= 0.3 is 0 Å². The summed E-state index contributed by atoms with van der Waals surface area (Å²) in [7, 11) is 3.27. The van der Waals surface area contributed by atoms with Gasteiger partial charge in [-0.2, -0.15) is 0 Å². The van der Waals surface area contributed by atoms with Crippen LogP contribution < -0.4 is 0 Å². The van der Waals surface area contributed by atoms with Gasteiger partial charge in [-0.3, -0.25) is 0 Å². The van der Waals surface area contributed by atoms with Gasteiger partial charge in [0.1, 0.15) is 18.3 Å². The van der Waals surface area contributed by atoms with Crippen LogP contribution in [0, 0.1) is 6.61 Å². The number of hydrogen-bond acceptors (Lipinski definition) is 4. The van der Waals surface area contributed by atoms with Crippen LogP contribution in [-0.2, 0) is 18.9 Å². The summed E-state index contributed by atoms with van der Waals surface area (Å²) < 4.78 is 21.6. The molecule has 0 N–H and O–H groups in total. The number of ether oxygens (including phenoxy) is 4. The van der Waals surface area contributed by atoms with Gasteiger partial charge in [-0.25, -0.2) is 0 Å². The predicted octanol–water partition coefficient (Wildman–Crippen LogP) is 1.27. The monoisotopic (exact) mass is 216 g/mol. The lowest BCUT2D eigenvalue weighted by Crippen LogP contribution is -2.52. The van der Waals surface area contributed by atoms with Crippen molar-refractivity contribution in [3.63, 3.8) is 0 Å². The Bertz CT molecular complexity index is 174. The normalized spacial score (nSPS) is 36.8. The second-order valence-corrected chi connectivity index (χ2v) is 3.63. The molecule has 1 saturated heterocycles. The third-order valence-electron chi connectivity index (χ3n) is 2.50. The zero-order valence-electron chi connectivity index (χ0n) is 9.86. The third kappa shape index (κ3) is 3.14. The first kappa shape index (κ1) is 12.9. The highest BCUT2D eigenvalue weighted by atomic mass is 16.6. The van der Waals surface area contributed by atoms with E-state index in [1.807, 2.05) is 6.92 Å². The smallest absolute Gasteiger partial charge is 0.166 e. The summed E-state index contributed by atoms with van der Waals surface area (Å²) in [5.41, 5.74) is 0. The molecule has 0 aromatic rings. The molecule has 0 aliphatic carbocycles. The number of rotatable bonds is 5. The van der Waals surface area contributed by atoms with Crippen molar-refractivity contribution in [3.8, 4) is 0 Å². The van der Waals surface area contributed by atoms with E-state index >= 15 is 0 Å². The molecule has 1 aliphatic rings. The molecule has 88 valence electrons. The maximum Gasteiger partial charge on any atom is 0.166 e. The molecule has 4 heteroatoms. The molecule has 0 bridgehead atoms. The fourth-order valence-corrected chi connectivity index (χ4v) is 1.69. The highest BCUT2D eigenvalue weighted by molar-refractivity contribution is 4.93. The van der Waals surface area contributed by atoms with Gasteiger partial charge in [0.15, 0.2) is 6.61 Å². The van der Waals surface area contributed by atoms with E-state index in [1.165, 1.54) is 0 Å². The van der Waals surface area contributed by atoms with Crippen molar-refractivity contribution in [1.82, 2.24) is 0 Å². The van der Waals surface area contributed by atoms with Crippen molar-refractivity contribution in [1.29, 1.82) is 0 Å². The van der Waals surface area contributed by atoms with Crippen LogP contribution in [-0.4, -0.2) is 45.2 Å². The lowest BCUT2D eigenvalue weighted by atomic mass is 10.0. The summed E-state index contributed by atoms with van der Waals surface area (Å²) in [5.74, 6) is 0. The lowest BCUT2D eigenvalue weighted by molar-refractivity contribution is -0.192. The van der Waals surface area contributed by atoms with Gasteiger partial charge in [-0.05, 0) is 13.3 Å². The SMILES string of the molecule is CCCO[C@H]1[C@@H](OC)[C@H](C)O[C][C@H]1OC. The molecule has 0 saturated carbocycles. The van der Waals surface area contributed by atoms with Crippen LogP contribution in [0.5, 0.6) is 0 Å². The molecule has 1 heterocycles. The van der Waals surface area contributed by atoms with Crippen molar-refractivity contribution in [2.75, 3.05) is 20.8 Å². The molecule has 0 amide bonds. The topological polar surface area (TPSA) is 36.9 Å². The Morgan fingerprint density at radius 3 is 2.47 bits per heavy atom. The van der Waals surface area contributed by atoms with E-state index in [9.17, 15) is 0 Å². The zero-order chi connectivity index (χ0) is 11.3. The van der Waals surface area contributed by atoms with Crippen molar-refractivity contribution in [3.05, 3.63) is 6.61 Å². The van der Waals surface area contributed by atoms with Crippen LogP contribution in [0.3, 0.4) is 0 Å². The summed E-state index contributed by atoms with van der Waals surface area (Å²) in [6.45, 7) is 7.52. The van der Waals surface area contributed by atoms with Crippen LogP contribution in [0.1, 0.15) is 20.3 Å². The summed E-state index contributed by atoms with van der Waals surface area (Å²) >= 11 is 0. The second kappa shape index (κ2) is 6.43. The largest absolute Gasteiger partial charge is 0.376 e. The quantitative estimate of drug-likeness (QED) is 0.693. The summed E-state index contributed by atoms with van der Waals surface area (Å²) in [5, 5.41) is 0. The highest BCUT2D eigenvalue weighted by Gasteiger charge is 2.40. The standard InChI is InChI=1S/C11H20O4/c1-5-6-14-11-9(12-3)7-15-8(2)10(11)13-4/h8-11H,5-6H2,1-4H3/t8-,9+,10-,11+/m0/s1. The molecule has 1 rings (SSSR count). The molecule has 0 aromatic carbocycles. The maximum atomic E-state index is 5.72. The molecule has 2 radical (unpaired) electrons. The van der Waals surface area contributed by atoms with Gasteiger partial charge in [0, 0.05) is 20.8 Å². The molecule has 0 aromatic heterocycles. The zero-order valence-corrected chi connectivity index (χ0v) is 9.86. The molecule has 0 unspecified atom stereocenters. The molecule has 4 atom stereocenters. The van der Waals surface area contributed by atoms with Crippen molar-refractivity contribution in [2.24, 2.45) is 0 Å². The van der Waals surface area contributed by atoms with E-state index in [0.717, 1.165) is 6.42 Å². The van der Waals surface area contributed by atoms with Crippen LogP contribution in [0.2, 0.25) is 0 Å². The molecular formula is C11H20O4. The predicted molar refractivity (Wildman–Crippen MR) is 55.4 cm³/mol. The first-order chi connectivity index (χ1) is 7.24. The van der Waals surface area contributed by atoms with Crippen LogP contribution in [0.25, 0.3) is 0 Å². The Morgan fingerprint density at radius 2 is 1.93 bits per heavy atom. The van der Waals surface area contributed by atoms with Gasteiger partial charge in [-0.15, -0.1) is 0 Å². The van der Waals surface area contributed by atoms with Gasteiger partial charge < -0.3 is 18.9 Å². The fraction of sp³-hybridized carbons (Fsp3) is 0.909. The van der Waals surface area contributed by atoms with Crippen LogP contribution in [0.4, 0.5) is 0 Å². The van der Waals surface area contributed by atoms with E-state index in [1.54, 1.807) is 14.2 Å². The lowest BCUT2D eigenvalue weighted by Gasteiger charge is -2.38. The molecule has 15 heavy (non-hydrogen) atoms. The Labute approximate surface area is 91.8 Å². The van der Waals surface area contributed by atoms with Crippen molar-refractivity contribution >= 4 is 0 Å². The first-order valence-corrected chi connectivity index (χ1v) is 5.33. The fourth-order valence-electron chi connectivity index (χ4n) is 1.69. The Kier molecular flexibility index (Phi) is 5.53. The Hall–Kier alpha value is -0.160. The third-order valence-corrected chi connectivity index (χ3v) is 2.50. The number of hydrogen-bond donors (Lipinski definition) is 0. The summed E-state index contributed by atoms with van der Waals surface area (Å²) in [6.07, 6.45) is 0.394. The Balaban J connectivity index is 2.60. The van der Waals surface area contributed by atoms with E-state index in [0.29, 0.717) is 6.61 Å². The maximum absolute atomic E-state index is 5.72. The second-order valence-electron chi connectivity index (χ2n) is 3.63. The average molecular weight is 216 g/mol. The number of methoxy groups -OCH3 is 2. The summed E-state index contributed by atoms with van der Waals surface area (Å²) in [6, 6.07) is 0.